The molecule has 2 fully saturated rings. The van der Waals surface area contributed by atoms with Crippen molar-refractivity contribution >= 4 is 17.5 Å². The lowest BCUT2D eigenvalue weighted by molar-refractivity contribution is 0.0621. The number of likely N-dealkylation sites (tertiary alicyclic amines) is 1. The van der Waals surface area contributed by atoms with E-state index in [-0.39, 0.29) is 24.7 Å². The molecule has 0 unspecified atom stereocenters. The van der Waals surface area contributed by atoms with Gasteiger partial charge in [-0.2, -0.15) is 4.21 Å². The summed E-state index contributed by atoms with van der Waals surface area (Å²) in [5.41, 5.74) is 2.66. The first kappa shape index (κ1) is 26.1. The molecule has 200 valence electrons. The molecule has 2 aliphatic heterocycles. The fourth-order valence-corrected chi connectivity index (χ4v) is 4.85. The molecule has 0 saturated carbocycles. The van der Waals surface area contributed by atoms with Gasteiger partial charge >= 0.3 is 17.5 Å². The van der Waals surface area contributed by atoms with Gasteiger partial charge in [0.05, 0.1) is 18.8 Å². The van der Waals surface area contributed by atoms with Gasteiger partial charge in [0.15, 0.2) is 0 Å². The van der Waals surface area contributed by atoms with Crippen molar-refractivity contribution < 1.29 is 31.6 Å². The van der Waals surface area contributed by atoms with Crippen molar-refractivity contribution in [3.8, 4) is 17.5 Å². The van der Waals surface area contributed by atoms with Crippen molar-refractivity contribution in [2.24, 2.45) is 0 Å². The SMILES string of the molecule is Cc1c(Oc2ccc(C3COS(=O)OC3)cc2)ncnc1OC1CCN(C(=O)OCc2ccccc2)CC1. The van der Waals surface area contributed by atoms with Crippen LogP contribution in [0.5, 0.6) is 17.5 Å². The summed E-state index contributed by atoms with van der Waals surface area (Å²) in [6, 6.07) is 17.2. The smallest absolute Gasteiger partial charge is 0.410 e. The molecule has 0 spiro atoms. The minimum Gasteiger partial charge on any atom is -0.474 e. The number of piperidine rings is 1. The number of ether oxygens (including phenoxy) is 3. The molecular formula is C27H29N3O7S. The van der Waals surface area contributed by atoms with E-state index in [0.717, 1.165) is 11.1 Å². The first-order valence-corrected chi connectivity index (χ1v) is 13.4. The normalized spacial score (nSPS) is 20.1. The number of nitrogens with zero attached hydrogens (tertiary/aromatic N) is 3. The van der Waals surface area contributed by atoms with Crippen LogP contribution < -0.4 is 9.47 Å². The van der Waals surface area contributed by atoms with Crippen LogP contribution in [0.1, 0.15) is 35.4 Å². The molecular weight excluding hydrogens is 510 g/mol. The summed E-state index contributed by atoms with van der Waals surface area (Å²) in [4.78, 5) is 22.7. The minimum atomic E-state index is -1.66. The van der Waals surface area contributed by atoms with E-state index in [1.54, 1.807) is 4.90 Å². The standard InChI is InChI=1S/C27H29N3O7S/c1-19-25(36-23-9-7-21(8-10-23)22-16-34-38(32)35-17-22)28-18-29-26(19)37-24-11-13-30(14-12-24)27(31)33-15-20-5-3-2-4-6-20/h2-10,18,22,24H,11-17H2,1H3. The Labute approximate surface area is 223 Å². The maximum absolute atomic E-state index is 12.4. The summed E-state index contributed by atoms with van der Waals surface area (Å²) >= 11 is -1.66. The van der Waals surface area contributed by atoms with Crippen molar-refractivity contribution in [1.29, 1.82) is 0 Å². The number of benzene rings is 2. The Kier molecular flexibility index (Phi) is 8.47. The average Bonchev–Trinajstić information content (AvgIpc) is 2.96. The predicted molar refractivity (Wildman–Crippen MR) is 138 cm³/mol. The summed E-state index contributed by atoms with van der Waals surface area (Å²) in [6.45, 7) is 3.88. The third-order valence-electron chi connectivity index (χ3n) is 6.47. The van der Waals surface area contributed by atoms with Crippen LogP contribution in [0.15, 0.2) is 60.9 Å². The number of hydrogen-bond donors (Lipinski definition) is 0. The Morgan fingerprint density at radius 1 is 1.00 bits per heavy atom. The van der Waals surface area contributed by atoms with Gasteiger partial charge in [-0.15, -0.1) is 0 Å². The van der Waals surface area contributed by atoms with Gasteiger partial charge in [0.2, 0.25) is 11.8 Å². The lowest BCUT2D eigenvalue weighted by Gasteiger charge is -2.31. The summed E-state index contributed by atoms with van der Waals surface area (Å²) in [5, 5.41) is 0. The number of hydrogen-bond acceptors (Lipinski definition) is 9. The van der Waals surface area contributed by atoms with Gasteiger partial charge in [0, 0.05) is 31.8 Å². The molecule has 5 rings (SSSR count). The van der Waals surface area contributed by atoms with Gasteiger partial charge in [-0.25, -0.2) is 14.8 Å². The van der Waals surface area contributed by atoms with Crippen LogP contribution in [0, 0.1) is 6.92 Å². The molecule has 3 heterocycles. The maximum Gasteiger partial charge on any atom is 0.410 e. The molecule has 11 heteroatoms. The van der Waals surface area contributed by atoms with Crippen molar-refractivity contribution in [2.75, 3.05) is 26.3 Å². The molecule has 2 saturated heterocycles. The molecule has 1 aromatic heterocycles. The minimum absolute atomic E-state index is 0.0136. The topological polar surface area (TPSA) is 109 Å². The monoisotopic (exact) mass is 539 g/mol. The lowest BCUT2D eigenvalue weighted by atomic mass is 10.0. The molecule has 0 atom stereocenters. The van der Waals surface area contributed by atoms with Gasteiger partial charge in [0.1, 0.15) is 24.8 Å². The summed E-state index contributed by atoms with van der Waals surface area (Å²) in [5.74, 6) is 1.50. The molecule has 0 N–H and O–H groups in total. The zero-order valence-electron chi connectivity index (χ0n) is 21.0. The lowest BCUT2D eigenvalue weighted by Crippen LogP contribution is -2.42. The molecule has 2 aromatic carbocycles. The van der Waals surface area contributed by atoms with Crippen LogP contribution in [0.3, 0.4) is 0 Å². The molecule has 1 amide bonds. The number of carbonyl (C=O) groups excluding carboxylic acids is 1. The van der Waals surface area contributed by atoms with Gasteiger partial charge in [-0.1, -0.05) is 42.5 Å². The molecule has 10 nitrogen and oxygen atoms in total. The van der Waals surface area contributed by atoms with Gasteiger partial charge in [-0.05, 0) is 30.2 Å². The molecule has 38 heavy (non-hydrogen) atoms. The second-order valence-corrected chi connectivity index (χ2v) is 9.97. The third-order valence-corrected chi connectivity index (χ3v) is 7.13. The van der Waals surface area contributed by atoms with E-state index in [0.29, 0.717) is 62.2 Å². The first-order valence-electron chi connectivity index (χ1n) is 12.4. The third kappa shape index (κ3) is 6.66. The van der Waals surface area contributed by atoms with Gasteiger partial charge in [-0.3, -0.25) is 8.37 Å². The van der Waals surface area contributed by atoms with Crippen molar-refractivity contribution in [3.63, 3.8) is 0 Å². The fourth-order valence-electron chi connectivity index (χ4n) is 4.23. The highest BCUT2D eigenvalue weighted by Crippen LogP contribution is 2.30. The summed E-state index contributed by atoms with van der Waals surface area (Å²) in [6.07, 6.45) is 2.36. The van der Waals surface area contributed by atoms with E-state index < -0.39 is 11.4 Å². The number of amides is 1. The summed E-state index contributed by atoms with van der Waals surface area (Å²) in [7, 11) is 0. The number of carbonyl (C=O) groups is 1. The number of rotatable bonds is 7. The fraction of sp³-hybridized carbons (Fsp3) is 0.370. The molecule has 0 radical (unpaired) electrons. The summed E-state index contributed by atoms with van der Waals surface area (Å²) < 4.78 is 38.9. The Balaban J connectivity index is 1.12. The first-order chi connectivity index (χ1) is 18.5. The largest absolute Gasteiger partial charge is 0.474 e. The zero-order chi connectivity index (χ0) is 26.3. The van der Waals surface area contributed by atoms with E-state index in [1.807, 2.05) is 61.5 Å². The Morgan fingerprint density at radius 3 is 2.39 bits per heavy atom. The van der Waals surface area contributed by atoms with Crippen molar-refractivity contribution in [3.05, 3.63) is 77.6 Å². The average molecular weight is 540 g/mol. The second kappa shape index (κ2) is 12.3. The molecule has 2 aliphatic rings. The maximum atomic E-state index is 12.4. The number of aromatic nitrogens is 2. The Bertz CT molecular complexity index is 1240. The van der Waals surface area contributed by atoms with Crippen LogP contribution in [-0.4, -0.2) is 57.6 Å². The van der Waals surface area contributed by atoms with E-state index >= 15 is 0 Å². The van der Waals surface area contributed by atoms with E-state index in [9.17, 15) is 9.00 Å². The van der Waals surface area contributed by atoms with Crippen LogP contribution in [-0.2, 0) is 31.1 Å². The van der Waals surface area contributed by atoms with Crippen LogP contribution in [0.2, 0.25) is 0 Å². The molecule has 3 aromatic rings. The van der Waals surface area contributed by atoms with Gasteiger partial charge in [0.25, 0.3) is 0 Å². The van der Waals surface area contributed by atoms with Gasteiger partial charge < -0.3 is 19.1 Å². The van der Waals surface area contributed by atoms with E-state index in [4.69, 9.17) is 22.6 Å². The van der Waals surface area contributed by atoms with E-state index in [1.165, 1.54) is 6.33 Å². The molecule has 0 aliphatic carbocycles. The Hall–Kier alpha value is -3.54. The highest BCUT2D eigenvalue weighted by molar-refractivity contribution is 7.75. The molecule has 0 bridgehead atoms. The highest BCUT2D eigenvalue weighted by Gasteiger charge is 2.26. The quantitative estimate of drug-likeness (QED) is 0.430. The van der Waals surface area contributed by atoms with Crippen LogP contribution in [0.4, 0.5) is 4.79 Å². The Morgan fingerprint density at radius 2 is 1.68 bits per heavy atom. The predicted octanol–water partition coefficient (Wildman–Crippen LogP) is 4.47. The highest BCUT2D eigenvalue weighted by atomic mass is 32.2. The van der Waals surface area contributed by atoms with Crippen molar-refractivity contribution in [2.45, 2.75) is 38.4 Å². The van der Waals surface area contributed by atoms with Crippen LogP contribution in [0.25, 0.3) is 0 Å². The van der Waals surface area contributed by atoms with E-state index in [2.05, 4.69) is 9.97 Å². The zero-order valence-corrected chi connectivity index (χ0v) is 21.8. The van der Waals surface area contributed by atoms with Crippen LogP contribution >= 0.6 is 0 Å². The second-order valence-electron chi connectivity index (χ2n) is 9.09. The van der Waals surface area contributed by atoms with Crippen molar-refractivity contribution in [1.82, 2.24) is 14.9 Å².